The SMILES string of the molecule is Cc1nc2scc(C)n2c1CNCCN1CCCC1. The van der Waals surface area contributed by atoms with Crippen LogP contribution in [0.5, 0.6) is 0 Å². The van der Waals surface area contributed by atoms with E-state index < -0.39 is 0 Å². The Labute approximate surface area is 118 Å². The van der Waals surface area contributed by atoms with Gasteiger partial charge in [-0.3, -0.25) is 4.40 Å². The molecule has 1 saturated heterocycles. The molecule has 2 aromatic heterocycles. The lowest BCUT2D eigenvalue weighted by molar-refractivity contribution is 0.335. The van der Waals surface area contributed by atoms with E-state index >= 15 is 0 Å². The molecule has 19 heavy (non-hydrogen) atoms. The third kappa shape index (κ3) is 2.68. The summed E-state index contributed by atoms with van der Waals surface area (Å²) < 4.78 is 2.28. The van der Waals surface area contributed by atoms with Crippen LogP contribution in [0.3, 0.4) is 0 Å². The molecule has 1 N–H and O–H groups in total. The van der Waals surface area contributed by atoms with Crippen LogP contribution in [0, 0.1) is 13.8 Å². The highest BCUT2D eigenvalue weighted by Crippen LogP contribution is 2.20. The number of likely N-dealkylation sites (tertiary alicyclic amines) is 1. The second kappa shape index (κ2) is 5.61. The van der Waals surface area contributed by atoms with Crippen LogP contribution in [0.15, 0.2) is 5.38 Å². The Morgan fingerprint density at radius 1 is 1.32 bits per heavy atom. The Balaban J connectivity index is 1.58. The second-order valence-corrected chi connectivity index (χ2v) is 6.20. The van der Waals surface area contributed by atoms with Crippen molar-refractivity contribution in [3.05, 3.63) is 22.5 Å². The molecule has 104 valence electrons. The van der Waals surface area contributed by atoms with Crippen LogP contribution >= 0.6 is 11.3 Å². The summed E-state index contributed by atoms with van der Waals surface area (Å²) in [6, 6.07) is 0. The van der Waals surface area contributed by atoms with E-state index in [1.807, 2.05) is 0 Å². The van der Waals surface area contributed by atoms with Gasteiger partial charge in [-0.25, -0.2) is 4.98 Å². The number of nitrogens with zero attached hydrogens (tertiary/aromatic N) is 3. The molecule has 3 rings (SSSR count). The summed E-state index contributed by atoms with van der Waals surface area (Å²) in [6.45, 7) is 9.97. The van der Waals surface area contributed by atoms with Crippen LogP contribution in [0.4, 0.5) is 0 Å². The molecule has 0 unspecified atom stereocenters. The van der Waals surface area contributed by atoms with Crippen molar-refractivity contribution in [3.8, 4) is 0 Å². The minimum Gasteiger partial charge on any atom is -0.310 e. The first kappa shape index (κ1) is 13.1. The summed E-state index contributed by atoms with van der Waals surface area (Å²) >= 11 is 1.72. The van der Waals surface area contributed by atoms with Gasteiger partial charge < -0.3 is 10.2 Å². The van der Waals surface area contributed by atoms with Crippen molar-refractivity contribution in [2.24, 2.45) is 0 Å². The zero-order valence-corrected chi connectivity index (χ0v) is 12.6. The molecule has 0 spiro atoms. The molecular formula is C14H22N4S. The van der Waals surface area contributed by atoms with Crippen molar-refractivity contribution in [2.75, 3.05) is 26.2 Å². The van der Waals surface area contributed by atoms with Crippen LogP contribution in [-0.2, 0) is 6.54 Å². The van der Waals surface area contributed by atoms with Crippen LogP contribution in [0.2, 0.25) is 0 Å². The predicted octanol–water partition coefficient (Wildman–Crippen LogP) is 2.20. The number of fused-ring (bicyclic) bond motifs is 1. The Morgan fingerprint density at radius 2 is 2.11 bits per heavy atom. The maximum Gasteiger partial charge on any atom is 0.194 e. The standard InChI is InChI=1S/C14H22N4S/c1-11-10-19-14-16-12(2)13(18(11)14)9-15-5-8-17-6-3-4-7-17/h10,15H,3-9H2,1-2H3. The summed E-state index contributed by atoms with van der Waals surface area (Å²) in [7, 11) is 0. The maximum absolute atomic E-state index is 4.62. The Morgan fingerprint density at radius 3 is 2.89 bits per heavy atom. The van der Waals surface area contributed by atoms with E-state index in [1.54, 1.807) is 11.3 Å². The Bertz CT molecular complexity index is 551. The number of thiazole rings is 1. The number of rotatable bonds is 5. The summed E-state index contributed by atoms with van der Waals surface area (Å²) in [6.07, 6.45) is 2.74. The molecule has 0 radical (unpaired) electrons. The molecule has 3 heterocycles. The molecule has 0 amide bonds. The predicted molar refractivity (Wildman–Crippen MR) is 79.9 cm³/mol. The fourth-order valence-electron chi connectivity index (χ4n) is 2.83. The molecule has 0 aliphatic carbocycles. The summed E-state index contributed by atoms with van der Waals surface area (Å²) in [5.74, 6) is 0. The van der Waals surface area contributed by atoms with Crippen molar-refractivity contribution < 1.29 is 0 Å². The van der Waals surface area contributed by atoms with Gasteiger partial charge in [-0.1, -0.05) is 0 Å². The normalized spacial score (nSPS) is 16.7. The van der Waals surface area contributed by atoms with Crippen LogP contribution in [0.1, 0.15) is 29.9 Å². The van der Waals surface area contributed by atoms with Crippen molar-refractivity contribution in [1.29, 1.82) is 0 Å². The molecular weight excluding hydrogens is 256 g/mol. The highest BCUT2D eigenvalue weighted by atomic mass is 32.1. The highest BCUT2D eigenvalue weighted by Gasteiger charge is 2.13. The number of hydrogen-bond acceptors (Lipinski definition) is 4. The second-order valence-electron chi connectivity index (χ2n) is 5.36. The number of aryl methyl sites for hydroxylation is 2. The Kier molecular flexibility index (Phi) is 3.86. The van der Waals surface area contributed by atoms with Gasteiger partial charge in [0.15, 0.2) is 4.96 Å². The van der Waals surface area contributed by atoms with Crippen molar-refractivity contribution in [2.45, 2.75) is 33.2 Å². The van der Waals surface area contributed by atoms with Gasteiger partial charge in [0.1, 0.15) is 0 Å². The van der Waals surface area contributed by atoms with E-state index in [9.17, 15) is 0 Å². The molecule has 0 aromatic carbocycles. The molecule has 2 aromatic rings. The van der Waals surface area contributed by atoms with E-state index in [0.717, 1.165) is 23.7 Å². The fourth-order valence-corrected chi connectivity index (χ4v) is 3.76. The molecule has 1 aliphatic rings. The van der Waals surface area contributed by atoms with Crippen molar-refractivity contribution >= 4 is 16.3 Å². The maximum atomic E-state index is 4.62. The lowest BCUT2D eigenvalue weighted by Crippen LogP contribution is -2.30. The average molecular weight is 278 g/mol. The van der Waals surface area contributed by atoms with E-state index in [2.05, 4.69) is 38.8 Å². The molecule has 5 heteroatoms. The van der Waals surface area contributed by atoms with E-state index in [-0.39, 0.29) is 0 Å². The third-order valence-electron chi connectivity index (χ3n) is 3.93. The van der Waals surface area contributed by atoms with Crippen LogP contribution < -0.4 is 5.32 Å². The minimum atomic E-state index is 0.915. The van der Waals surface area contributed by atoms with Gasteiger partial charge in [-0.2, -0.15) is 0 Å². The van der Waals surface area contributed by atoms with Gasteiger partial charge >= 0.3 is 0 Å². The van der Waals surface area contributed by atoms with Gasteiger partial charge in [-0.15, -0.1) is 11.3 Å². The molecule has 0 saturated carbocycles. The molecule has 4 nitrogen and oxygen atoms in total. The first-order valence-corrected chi connectivity index (χ1v) is 7.99. The minimum absolute atomic E-state index is 0.915. The summed E-state index contributed by atoms with van der Waals surface area (Å²) in [4.78, 5) is 8.28. The molecule has 0 bridgehead atoms. The molecule has 1 fully saturated rings. The average Bonchev–Trinajstić information content (AvgIpc) is 3.07. The summed E-state index contributed by atoms with van der Waals surface area (Å²) in [5.41, 5.74) is 3.76. The largest absolute Gasteiger partial charge is 0.310 e. The van der Waals surface area contributed by atoms with Gasteiger partial charge in [0.25, 0.3) is 0 Å². The monoisotopic (exact) mass is 278 g/mol. The smallest absolute Gasteiger partial charge is 0.194 e. The van der Waals surface area contributed by atoms with Gasteiger partial charge in [0.2, 0.25) is 0 Å². The quantitative estimate of drug-likeness (QED) is 0.851. The topological polar surface area (TPSA) is 32.6 Å². The van der Waals surface area contributed by atoms with Crippen molar-refractivity contribution in [3.63, 3.8) is 0 Å². The lowest BCUT2D eigenvalue weighted by Gasteiger charge is -2.14. The molecule has 0 atom stereocenters. The first-order chi connectivity index (χ1) is 9.25. The van der Waals surface area contributed by atoms with Crippen LogP contribution in [-0.4, -0.2) is 40.5 Å². The Hall–Kier alpha value is -0.910. The van der Waals surface area contributed by atoms with Gasteiger partial charge in [0.05, 0.1) is 11.4 Å². The molecule has 1 aliphatic heterocycles. The van der Waals surface area contributed by atoms with Crippen molar-refractivity contribution in [1.82, 2.24) is 19.6 Å². The van der Waals surface area contributed by atoms with Gasteiger partial charge in [0, 0.05) is 30.7 Å². The lowest BCUT2D eigenvalue weighted by atomic mass is 10.3. The zero-order chi connectivity index (χ0) is 13.2. The van der Waals surface area contributed by atoms with E-state index in [0.29, 0.717) is 0 Å². The first-order valence-electron chi connectivity index (χ1n) is 7.11. The summed E-state index contributed by atoms with van der Waals surface area (Å²) in [5, 5.41) is 5.74. The number of hydrogen-bond donors (Lipinski definition) is 1. The zero-order valence-electron chi connectivity index (χ0n) is 11.8. The van der Waals surface area contributed by atoms with Gasteiger partial charge in [-0.05, 0) is 39.8 Å². The number of nitrogens with one attached hydrogen (secondary N) is 1. The highest BCUT2D eigenvalue weighted by molar-refractivity contribution is 7.15. The number of imidazole rings is 1. The van der Waals surface area contributed by atoms with E-state index in [1.165, 1.54) is 43.9 Å². The number of aromatic nitrogens is 2. The van der Waals surface area contributed by atoms with E-state index in [4.69, 9.17) is 0 Å². The third-order valence-corrected chi connectivity index (χ3v) is 4.87. The fraction of sp³-hybridized carbons (Fsp3) is 0.643. The van der Waals surface area contributed by atoms with Crippen LogP contribution in [0.25, 0.3) is 4.96 Å².